The van der Waals surface area contributed by atoms with Gasteiger partial charge < -0.3 is 10.0 Å². The third-order valence-electron chi connectivity index (χ3n) is 2.53. The second kappa shape index (κ2) is 5.75. The summed E-state index contributed by atoms with van der Waals surface area (Å²) in [6.07, 6.45) is -4.63. The Bertz CT molecular complexity index is 418. The molecular weight excluding hydrogens is 247 g/mol. The van der Waals surface area contributed by atoms with Gasteiger partial charge in [0.2, 0.25) is 0 Å². The molecule has 0 saturated heterocycles. The van der Waals surface area contributed by atoms with Gasteiger partial charge in [0.25, 0.3) is 0 Å². The third kappa shape index (κ3) is 3.65. The highest BCUT2D eigenvalue weighted by molar-refractivity contribution is 5.68. The van der Waals surface area contributed by atoms with Gasteiger partial charge in [-0.1, -0.05) is 12.1 Å². The third-order valence-corrected chi connectivity index (χ3v) is 2.53. The Balaban J connectivity index is 3.02. The molecule has 1 aromatic rings. The van der Waals surface area contributed by atoms with Crippen molar-refractivity contribution in [3.8, 4) is 0 Å². The number of halogens is 3. The summed E-state index contributed by atoms with van der Waals surface area (Å²) >= 11 is 0. The molecule has 0 unspecified atom stereocenters. The van der Waals surface area contributed by atoms with Gasteiger partial charge >= 0.3 is 12.1 Å². The molecule has 0 aromatic heterocycles. The van der Waals surface area contributed by atoms with E-state index < -0.39 is 17.7 Å². The van der Waals surface area contributed by atoms with E-state index in [2.05, 4.69) is 0 Å². The van der Waals surface area contributed by atoms with E-state index in [0.29, 0.717) is 6.54 Å². The number of rotatable bonds is 5. The molecule has 0 atom stereocenters. The van der Waals surface area contributed by atoms with E-state index in [0.717, 1.165) is 6.07 Å². The van der Waals surface area contributed by atoms with E-state index in [4.69, 9.17) is 5.11 Å². The summed E-state index contributed by atoms with van der Waals surface area (Å²) in [4.78, 5) is 11.9. The van der Waals surface area contributed by atoms with Crippen LogP contribution in [0.15, 0.2) is 24.3 Å². The van der Waals surface area contributed by atoms with Crippen LogP contribution in [0, 0.1) is 0 Å². The van der Waals surface area contributed by atoms with Crippen LogP contribution in [0.1, 0.15) is 18.9 Å². The predicted octanol–water partition coefficient (Wildman–Crippen LogP) is 3.01. The van der Waals surface area contributed by atoms with Crippen molar-refractivity contribution >= 4 is 11.7 Å². The van der Waals surface area contributed by atoms with E-state index in [-0.39, 0.29) is 18.7 Å². The van der Waals surface area contributed by atoms with Crippen LogP contribution in [0.5, 0.6) is 0 Å². The summed E-state index contributed by atoms with van der Waals surface area (Å²) in [5.41, 5.74) is -0.717. The molecule has 6 heteroatoms. The monoisotopic (exact) mass is 261 g/mol. The first-order valence-corrected chi connectivity index (χ1v) is 5.49. The molecule has 3 nitrogen and oxygen atoms in total. The first kappa shape index (κ1) is 14.3. The Kier molecular flexibility index (Phi) is 4.58. The zero-order chi connectivity index (χ0) is 13.8. The molecule has 1 N–H and O–H groups in total. The zero-order valence-electron chi connectivity index (χ0n) is 9.87. The second-order valence-electron chi connectivity index (χ2n) is 3.74. The number of anilines is 1. The quantitative estimate of drug-likeness (QED) is 0.885. The summed E-state index contributed by atoms with van der Waals surface area (Å²) in [5, 5.41) is 8.59. The van der Waals surface area contributed by atoms with Crippen molar-refractivity contribution in [3.05, 3.63) is 29.8 Å². The maximum absolute atomic E-state index is 12.8. The maximum atomic E-state index is 12.8. The van der Waals surface area contributed by atoms with Gasteiger partial charge in [0.15, 0.2) is 0 Å². The molecule has 1 rings (SSSR count). The number of hydrogen-bond donors (Lipinski definition) is 1. The summed E-state index contributed by atoms with van der Waals surface area (Å²) < 4.78 is 38.4. The second-order valence-corrected chi connectivity index (χ2v) is 3.74. The average molecular weight is 261 g/mol. The van der Waals surface area contributed by atoms with Crippen molar-refractivity contribution < 1.29 is 23.1 Å². The fourth-order valence-electron chi connectivity index (χ4n) is 1.67. The molecule has 0 bridgehead atoms. The minimum absolute atomic E-state index is 0.0220. The molecule has 18 heavy (non-hydrogen) atoms. The molecule has 0 aliphatic carbocycles. The first-order chi connectivity index (χ1) is 8.36. The fourth-order valence-corrected chi connectivity index (χ4v) is 1.67. The van der Waals surface area contributed by atoms with Gasteiger partial charge in [-0.15, -0.1) is 0 Å². The lowest BCUT2D eigenvalue weighted by Gasteiger charge is -2.25. The van der Waals surface area contributed by atoms with Crippen molar-refractivity contribution in [2.75, 3.05) is 18.0 Å². The van der Waals surface area contributed by atoms with Crippen LogP contribution < -0.4 is 4.90 Å². The normalized spacial score (nSPS) is 11.3. The molecule has 0 saturated carbocycles. The van der Waals surface area contributed by atoms with Crippen LogP contribution in [0.4, 0.5) is 18.9 Å². The van der Waals surface area contributed by atoms with Gasteiger partial charge in [0, 0.05) is 18.8 Å². The Labute approximate surface area is 103 Å². The number of carbonyl (C=O) groups is 1. The predicted molar refractivity (Wildman–Crippen MR) is 61.6 cm³/mol. The molecule has 0 spiro atoms. The van der Waals surface area contributed by atoms with E-state index in [1.807, 2.05) is 0 Å². The largest absolute Gasteiger partial charge is 0.481 e. The summed E-state index contributed by atoms with van der Waals surface area (Å²) in [7, 11) is 0. The van der Waals surface area contributed by atoms with E-state index in [1.54, 1.807) is 6.92 Å². The first-order valence-electron chi connectivity index (χ1n) is 5.49. The number of aliphatic carboxylic acids is 1. The van der Waals surface area contributed by atoms with Gasteiger partial charge in [0.1, 0.15) is 0 Å². The van der Waals surface area contributed by atoms with Crippen LogP contribution in [0.2, 0.25) is 0 Å². The smallest absolute Gasteiger partial charge is 0.418 e. The lowest BCUT2D eigenvalue weighted by molar-refractivity contribution is -0.137. The van der Waals surface area contributed by atoms with Crippen molar-refractivity contribution in [1.82, 2.24) is 0 Å². The average Bonchev–Trinajstić information content (AvgIpc) is 2.29. The lowest BCUT2D eigenvalue weighted by atomic mass is 10.1. The summed E-state index contributed by atoms with van der Waals surface area (Å²) in [6, 6.07) is 5.18. The molecule has 0 radical (unpaired) electrons. The van der Waals surface area contributed by atoms with Crippen molar-refractivity contribution in [1.29, 1.82) is 0 Å². The topological polar surface area (TPSA) is 40.5 Å². The lowest BCUT2D eigenvalue weighted by Crippen LogP contribution is -2.28. The highest BCUT2D eigenvalue weighted by Crippen LogP contribution is 2.36. The van der Waals surface area contributed by atoms with Crippen LogP contribution in [0.3, 0.4) is 0 Å². The van der Waals surface area contributed by atoms with E-state index in [1.165, 1.54) is 23.1 Å². The number of benzene rings is 1. The number of carboxylic acids is 1. The summed E-state index contributed by atoms with van der Waals surface area (Å²) in [5.74, 6) is -1.03. The number of nitrogens with zero attached hydrogens (tertiary/aromatic N) is 1. The molecule has 0 fully saturated rings. The fraction of sp³-hybridized carbons (Fsp3) is 0.417. The van der Waals surface area contributed by atoms with Crippen LogP contribution >= 0.6 is 0 Å². The van der Waals surface area contributed by atoms with Gasteiger partial charge in [-0.3, -0.25) is 4.79 Å². The molecule has 1 aromatic carbocycles. The van der Waals surface area contributed by atoms with Crippen LogP contribution in [-0.4, -0.2) is 24.2 Å². The Morgan fingerprint density at radius 2 is 1.94 bits per heavy atom. The number of alkyl halides is 3. The minimum Gasteiger partial charge on any atom is -0.481 e. The van der Waals surface area contributed by atoms with Gasteiger partial charge in [-0.05, 0) is 19.1 Å². The Morgan fingerprint density at radius 1 is 1.33 bits per heavy atom. The van der Waals surface area contributed by atoms with E-state index in [9.17, 15) is 18.0 Å². The zero-order valence-corrected chi connectivity index (χ0v) is 9.87. The van der Waals surface area contributed by atoms with Gasteiger partial charge in [-0.25, -0.2) is 0 Å². The maximum Gasteiger partial charge on any atom is 0.418 e. The van der Waals surface area contributed by atoms with Crippen molar-refractivity contribution in [2.24, 2.45) is 0 Å². The Hall–Kier alpha value is -1.72. The molecule has 0 heterocycles. The van der Waals surface area contributed by atoms with Crippen LogP contribution in [0.25, 0.3) is 0 Å². The minimum atomic E-state index is -4.44. The standard InChI is InChI=1S/C12H14F3NO2/c1-2-16(8-7-11(17)18)10-6-4-3-5-9(10)12(13,14)15/h3-6H,2,7-8H2,1H3,(H,17,18). The van der Waals surface area contributed by atoms with Gasteiger partial charge in [0.05, 0.1) is 12.0 Å². The van der Waals surface area contributed by atoms with E-state index >= 15 is 0 Å². The molecule has 100 valence electrons. The highest BCUT2D eigenvalue weighted by atomic mass is 19.4. The molecule has 0 amide bonds. The molecular formula is C12H14F3NO2. The molecule has 0 aliphatic heterocycles. The van der Waals surface area contributed by atoms with Gasteiger partial charge in [-0.2, -0.15) is 13.2 Å². The Morgan fingerprint density at radius 3 is 2.44 bits per heavy atom. The number of para-hydroxylation sites is 1. The van der Waals surface area contributed by atoms with Crippen molar-refractivity contribution in [3.63, 3.8) is 0 Å². The highest BCUT2D eigenvalue weighted by Gasteiger charge is 2.34. The van der Waals surface area contributed by atoms with Crippen LogP contribution in [-0.2, 0) is 11.0 Å². The SMILES string of the molecule is CCN(CCC(=O)O)c1ccccc1C(F)(F)F. The number of carboxylic acid groups (broad SMARTS) is 1. The summed E-state index contributed by atoms with van der Waals surface area (Å²) in [6.45, 7) is 2.06. The van der Waals surface area contributed by atoms with Crippen molar-refractivity contribution in [2.45, 2.75) is 19.5 Å². The molecule has 0 aliphatic rings. The number of hydrogen-bond acceptors (Lipinski definition) is 2.